The van der Waals surface area contributed by atoms with Crippen LogP contribution in [0.4, 0.5) is 4.79 Å². The van der Waals surface area contributed by atoms with Crippen LogP contribution in [0.15, 0.2) is 0 Å². The van der Waals surface area contributed by atoms with Crippen molar-refractivity contribution in [1.29, 1.82) is 0 Å². The summed E-state index contributed by atoms with van der Waals surface area (Å²) in [5, 5.41) is 8.71. The summed E-state index contributed by atoms with van der Waals surface area (Å²) in [7, 11) is 1.86. The maximum atomic E-state index is 12.4. The Morgan fingerprint density at radius 1 is 1.35 bits per heavy atom. The zero-order valence-corrected chi connectivity index (χ0v) is 13.1. The van der Waals surface area contributed by atoms with Gasteiger partial charge < -0.3 is 14.9 Å². The zero-order valence-electron chi connectivity index (χ0n) is 13.1. The summed E-state index contributed by atoms with van der Waals surface area (Å²) in [4.78, 5) is 26.7. The molecule has 20 heavy (non-hydrogen) atoms. The highest BCUT2D eigenvalue weighted by Crippen LogP contribution is 2.23. The largest absolute Gasteiger partial charge is 0.481 e. The van der Waals surface area contributed by atoms with E-state index in [9.17, 15) is 9.59 Å². The molecule has 116 valence electrons. The van der Waals surface area contributed by atoms with Crippen LogP contribution in [0, 0.1) is 11.8 Å². The molecule has 1 rings (SSSR count). The second kappa shape index (κ2) is 7.50. The summed E-state index contributed by atoms with van der Waals surface area (Å²) in [5.41, 5.74) is 0. The van der Waals surface area contributed by atoms with Gasteiger partial charge in [0.05, 0.1) is 0 Å². The second-order valence-electron chi connectivity index (χ2n) is 6.41. The molecule has 2 amide bonds. The number of aliphatic carboxylic acids is 1. The molecule has 0 saturated carbocycles. The molecule has 5 nitrogen and oxygen atoms in total. The van der Waals surface area contributed by atoms with E-state index in [0.29, 0.717) is 24.8 Å². The minimum absolute atomic E-state index is 0.0796. The molecule has 1 heterocycles. The van der Waals surface area contributed by atoms with E-state index in [1.165, 1.54) is 0 Å². The molecule has 2 unspecified atom stereocenters. The number of rotatable bonds is 6. The predicted molar refractivity (Wildman–Crippen MR) is 78.6 cm³/mol. The van der Waals surface area contributed by atoms with Gasteiger partial charge >= 0.3 is 12.0 Å². The first kappa shape index (κ1) is 16.8. The van der Waals surface area contributed by atoms with Gasteiger partial charge in [-0.2, -0.15) is 0 Å². The van der Waals surface area contributed by atoms with Crippen molar-refractivity contribution in [3.8, 4) is 0 Å². The highest BCUT2D eigenvalue weighted by Gasteiger charge is 2.29. The molecular weight excluding hydrogens is 256 g/mol. The molecule has 1 aliphatic rings. The van der Waals surface area contributed by atoms with E-state index in [4.69, 9.17) is 5.11 Å². The lowest BCUT2D eigenvalue weighted by molar-refractivity contribution is -0.137. The molecule has 0 radical (unpaired) electrons. The molecule has 0 aromatic rings. The first-order valence-electron chi connectivity index (χ1n) is 7.54. The number of carboxylic acids is 1. The van der Waals surface area contributed by atoms with E-state index in [1.54, 1.807) is 0 Å². The molecule has 1 N–H and O–H groups in total. The summed E-state index contributed by atoms with van der Waals surface area (Å²) >= 11 is 0. The van der Waals surface area contributed by atoms with Crippen LogP contribution in [-0.2, 0) is 4.79 Å². The second-order valence-corrected chi connectivity index (χ2v) is 6.41. The standard InChI is InChI=1S/C15H28N2O3/c1-11(2)9-12(3)16(4)15(20)17-8-7-13(10-17)5-6-14(18)19/h11-13H,5-10H2,1-4H3,(H,18,19). The van der Waals surface area contributed by atoms with Gasteiger partial charge in [-0.05, 0) is 38.0 Å². The number of carbonyl (C=O) groups excluding carboxylic acids is 1. The summed E-state index contributed by atoms with van der Waals surface area (Å²) in [6.07, 6.45) is 2.79. The summed E-state index contributed by atoms with van der Waals surface area (Å²) < 4.78 is 0. The average Bonchev–Trinajstić information content (AvgIpc) is 2.82. The van der Waals surface area contributed by atoms with Crippen molar-refractivity contribution in [1.82, 2.24) is 9.80 Å². The molecule has 0 spiro atoms. The van der Waals surface area contributed by atoms with Crippen molar-refractivity contribution in [3.05, 3.63) is 0 Å². The third kappa shape index (κ3) is 5.02. The lowest BCUT2D eigenvalue weighted by Crippen LogP contribution is -2.44. The Kier molecular flexibility index (Phi) is 6.30. The Morgan fingerprint density at radius 2 is 2.00 bits per heavy atom. The number of hydrogen-bond donors (Lipinski definition) is 1. The lowest BCUT2D eigenvalue weighted by Gasteiger charge is -2.30. The van der Waals surface area contributed by atoms with Crippen molar-refractivity contribution < 1.29 is 14.7 Å². The van der Waals surface area contributed by atoms with E-state index >= 15 is 0 Å². The SMILES string of the molecule is CC(C)CC(C)N(C)C(=O)N1CCC(CCC(=O)O)C1. The Hall–Kier alpha value is -1.26. The monoisotopic (exact) mass is 284 g/mol. The van der Waals surface area contributed by atoms with E-state index in [-0.39, 0.29) is 18.5 Å². The van der Waals surface area contributed by atoms with Crippen LogP contribution in [0.3, 0.4) is 0 Å². The highest BCUT2D eigenvalue weighted by molar-refractivity contribution is 5.74. The van der Waals surface area contributed by atoms with Gasteiger partial charge in [-0.1, -0.05) is 13.8 Å². The van der Waals surface area contributed by atoms with Gasteiger partial charge in [-0.3, -0.25) is 4.79 Å². The summed E-state index contributed by atoms with van der Waals surface area (Å²) in [6.45, 7) is 7.85. The van der Waals surface area contributed by atoms with Crippen LogP contribution in [-0.4, -0.2) is 53.1 Å². The molecule has 0 aromatic carbocycles. The Labute approximate surface area is 121 Å². The van der Waals surface area contributed by atoms with Gasteiger partial charge in [-0.15, -0.1) is 0 Å². The van der Waals surface area contributed by atoms with Crippen LogP contribution in [0.1, 0.15) is 46.5 Å². The summed E-state index contributed by atoms with van der Waals surface area (Å²) in [6, 6.07) is 0.316. The minimum Gasteiger partial charge on any atom is -0.481 e. The zero-order chi connectivity index (χ0) is 15.3. The lowest BCUT2D eigenvalue weighted by atomic mass is 10.0. The quantitative estimate of drug-likeness (QED) is 0.815. The van der Waals surface area contributed by atoms with Gasteiger partial charge in [0.2, 0.25) is 0 Å². The third-order valence-corrected chi connectivity index (χ3v) is 4.10. The minimum atomic E-state index is -0.752. The number of hydrogen-bond acceptors (Lipinski definition) is 2. The molecule has 1 aliphatic heterocycles. The predicted octanol–water partition coefficient (Wildman–Crippen LogP) is 2.66. The van der Waals surface area contributed by atoms with Crippen LogP contribution in [0.2, 0.25) is 0 Å². The summed E-state index contributed by atoms with van der Waals surface area (Å²) in [5.74, 6) is 0.156. The van der Waals surface area contributed by atoms with E-state index in [2.05, 4.69) is 20.8 Å². The van der Waals surface area contributed by atoms with E-state index < -0.39 is 5.97 Å². The maximum Gasteiger partial charge on any atom is 0.319 e. The molecule has 0 aromatic heterocycles. The van der Waals surface area contributed by atoms with Gasteiger partial charge in [0.1, 0.15) is 0 Å². The van der Waals surface area contributed by atoms with Gasteiger partial charge in [-0.25, -0.2) is 4.79 Å². The van der Waals surface area contributed by atoms with Crippen molar-refractivity contribution in [2.24, 2.45) is 11.8 Å². The first-order valence-corrected chi connectivity index (χ1v) is 7.54. The molecule has 1 fully saturated rings. The fourth-order valence-corrected chi connectivity index (χ4v) is 2.82. The average molecular weight is 284 g/mol. The number of urea groups is 1. The number of nitrogens with zero attached hydrogens (tertiary/aromatic N) is 2. The number of carboxylic acid groups (broad SMARTS) is 1. The Morgan fingerprint density at radius 3 is 2.55 bits per heavy atom. The van der Waals surface area contributed by atoms with Gasteiger partial charge in [0.25, 0.3) is 0 Å². The van der Waals surface area contributed by atoms with Crippen molar-refractivity contribution in [2.75, 3.05) is 20.1 Å². The third-order valence-electron chi connectivity index (χ3n) is 4.10. The first-order chi connectivity index (χ1) is 9.31. The van der Waals surface area contributed by atoms with Crippen LogP contribution in [0.5, 0.6) is 0 Å². The van der Waals surface area contributed by atoms with Crippen molar-refractivity contribution in [2.45, 2.75) is 52.5 Å². The molecule has 0 aliphatic carbocycles. The number of likely N-dealkylation sites (tertiary alicyclic amines) is 1. The van der Waals surface area contributed by atoms with Gasteiger partial charge in [0.15, 0.2) is 0 Å². The fourth-order valence-electron chi connectivity index (χ4n) is 2.82. The van der Waals surface area contributed by atoms with Crippen molar-refractivity contribution >= 4 is 12.0 Å². The van der Waals surface area contributed by atoms with E-state index in [1.807, 2.05) is 16.8 Å². The molecule has 2 atom stereocenters. The van der Waals surface area contributed by atoms with Crippen LogP contribution in [0.25, 0.3) is 0 Å². The normalized spacial score (nSPS) is 20.2. The van der Waals surface area contributed by atoms with Crippen LogP contribution < -0.4 is 0 Å². The fraction of sp³-hybridized carbons (Fsp3) is 0.867. The number of amides is 2. The maximum absolute atomic E-state index is 12.4. The molecule has 5 heteroatoms. The molecular formula is C15H28N2O3. The Bertz CT molecular complexity index is 344. The van der Waals surface area contributed by atoms with E-state index in [0.717, 1.165) is 19.4 Å². The highest BCUT2D eigenvalue weighted by atomic mass is 16.4. The van der Waals surface area contributed by atoms with Crippen molar-refractivity contribution in [3.63, 3.8) is 0 Å². The smallest absolute Gasteiger partial charge is 0.319 e. The Balaban J connectivity index is 2.42. The van der Waals surface area contributed by atoms with Gasteiger partial charge in [0, 0.05) is 32.6 Å². The number of carbonyl (C=O) groups is 2. The topological polar surface area (TPSA) is 60.9 Å². The molecule has 0 bridgehead atoms. The molecule has 1 saturated heterocycles. The van der Waals surface area contributed by atoms with Crippen LogP contribution >= 0.6 is 0 Å².